The van der Waals surface area contributed by atoms with Crippen molar-refractivity contribution in [3.63, 3.8) is 0 Å². The van der Waals surface area contributed by atoms with Crippen LogP contribution in [0.2, 0.25) is 0 Å². The van der Waals surface area contributed by atoms with Gasteiger partial charge >= 0.3 is 0 Å². The molecule has 10 heteroatoms. The van der Waals surface area contributed by atoms with E-state index in [1.807, 2.05) is 13.0 Å². The molecule has 33 heavy (non-hydrogen) atoms. The van der Waals surface area contributed by atoms with Gasteiger partial charge in [-0.3, -0.25) is 19.1 Å². The standard InChI is InChI=1S/C23H31N5O3S2/c1-5-25-9-11-26(12-10-25)20-17(16(3)18(15-24)21(29)27(20)6-2)14-19-22(30)28(23(32)33-19)8-7-13-31-4/h14H,5-13H2,1-4H3/b19-14-. The molecule has 0 atom stereocenters. The fraction of sp³-hybridized carbons (Fsp3) is 0.565. The molecule has 3 heterocycles. The molecule has 1 amide bonds. The van der Waals surface area contributed by atoms with Crippen LogP contribution in [0.3, 0.4) is 0 Å². The van der Waals surface area contributed by atoms with Crippen molar-refractivity contribution >= 4 is 46.1 Å². The van der Waals surface area contributed by atoms with Gasteiger partial charge in [-0.25, -0.2) is 0 Å². The fourth-order valence-electron chi connectivity index (χ4n) is 4.24. The van der Waals surface area contributed by atoms with E-state index < -0.39 is 0 Å². The Labute approximate surface area is 204 Å². The van der Waals surface area contributed by atoms with E-state index in [1.165, 1.54) is 11.8 Å². The number of carbonyl (C=O) groups excluding carboxylic acids is 1. The molecule has 178 valence electrons. The molecule has 0 bridgehead atoms. The summed E-state index contributed by atoms with van der Waals surface area (Å²) < 4.78 is 7.28. The van der Waals surface area contributed by atoms with Gasteiger partial charge in [0.25, 0.3) is 11.5 Å². The van der Waals surface area contributed by atoms with Crippen LogP contribution >= 0.6 is 24.0 Å². The van der Waals surface area contributed by atoms with Gasteiger partial charge in [0.2, 0.25) is 0 Å². The molecule has 0 aliphatic carbocycles. The minimum absolute atomic E-state index is 0.120. The number of ether oxygens (including phenoxy) is 1. The summed E-state index contributed by atoms with van der Waals surface area (Å²) in [5.74, 6) is 0.634. The number of thioether (sulfide) groups is 1. The molecule has 1 aromatic heterocycles. The Morgan fingerprint density at radius 1 is 1.18 bits per heavy atom. The topological polar surface area (TPSA) is 81.8 Å². The van der Waals surface area contributed by atoms with Gasteiger partial charge in [0.1, 0.15) is 21.8 Å². The van der Waals surface area contributed by atoms with Crippen molar-refractivity contribution in [1.29, 1.82) is 5.26 Å². The summed E-state index contributed by atoms with van der Waals surface area (Å²) in [7, 11) is 1.63. The Morgan fingerprint density at radius 2 is 1.88 bits per heavy atom. The maximum atomic E-state index is 13.1. The Balaban J connectivity index is 2.09. The van der Waals surface area contributed by atoms with Crippen LogP contribution in [0, 0.1) is 18.3 Å². The van der Waals surface area contributed by atoms with E-state index in [-0.39, 0.29) is 17.0 Å². The van der Waals surface area contributed by atoms with E-state index in [0.717, 1.165) is 44.1 Å². The van der Waals surface area contributed by atoms with Crippen molar-refractivity contribution in [2.75, 3.05) is 57.9 Å². The number of hydrogen-bond donors (Lipinski definition) is 0. The van der Waals surface area contributed by atoms with Crippen LogP contribution in [0.1, 0.15) is 37.0 Å². The monoisotopic (exact) mass is 489 g/mol. The van der Waals surface area contributed by atoms with E-state index in [9.17, 15) is 14.9 Å². The predicted octanol–water partition coefficient (Wildman–Crippen LogP) is 2.43. The number of nitrogens with zero attached hydrogens (tertiary/aromatic N) is 5. The molecule has 3 rings (SSSR count). The average Bonchev–Trinajstić information content (AvgIpc) is 3.08. The molecule has 0 N–H and O–H groups in total. The summed E-state index contributed by atoms with van der Waals surface area (Å²) in [5, 5.41) is 9.71. The smallest absolute Gasteiger partial charge is 0.270 e. The average molecular weight is 490 g/mol. The van der Waals surface area contributed by atoms with E-state index in [0.29, 0.717) is 40.9 Å². The Hall–Kier alpha value is -2.19. The number of carbonyl (C=O) groups is 1. The predicted molar refractivity (Wildman–Crippen MR) is 137 cm³/mol. The second-order valence-corrected chi connectivity index (χ2v) is 9.68. The van der Waals surface area contributed by atoms with Crippen LogP contribution < -0.4 is 10.5 Å². The Bertz CT molecular complexity index is 1050. The van der Waals surface area contributed by atoms with Crippen LogP contribution in [0.15, 0.2) is 9.70 Å². The third kappa shape index (κ3) is 5.17. The van der Waals surface area contributed by atoms with Crippen molar-refractivity contribution in [3.05, 3.63) is 31.9 Å². The number of nitriles is 1. The first kappa shape index (κ1) is 25.4. The SMILES string of the molecule is CCN1CCN(c2c(/C=C3\SC(=S)N(CCCOC)C3=O)c(C)c(C#N)c(=O)n2CC)CC1. The van der Waals surface area contributed by atoms with Crippen LogP contribution in [0.5, 0.6) is 0 Å². The zero-order chi connectivity index (χ0) is 24.1. The largest absolute Gasteiger partial charge is 0.385 e. The molecule has 2 aliphatic heterocycles. The molecule has 0 aromatic carbocycles. The zero-order valence-corrected chi connectivity index (χ0v) is 21.4. The number of rotatable bonds is 8. The molecule has 0 unspecified atom stereocenters. The van der Waals surface area contributed by atoms with E-state index >= 15 is 0 Å². The number of methoxy groups -OCH3 is 1. The number of anilines is 1. The first-order valence-electron chi connectivity index (χ1n) is 11.3. The van der Waals surface area contributed by atoms with Crippen molar-refractivity contribution in [2.45, 2.75) is 33.7 Å². The lowest BCUT2D eigenvalue weighted by Gasteiger charge is -2.37. The molecule has 2 aliphatic rings. The number of amides is 1. The molecule has 8 nitrogen and oxygen atoms in total. The Morgan fingerprint density at radius 3 is 2.45 bits per heavy atom. The lowest BCUT2D eigenvalue weighted by atomic mass is 10.0. The molecule has 0 spiro atoms. The second kappa shape index (κ2) is 11.3. The summed E-state index contributed by atoms with van der Waals surface area (Å²) in [6.07, 6.45) is 2.51. The van der Waals surface area contributed by atoms with Crippen molar-refractivity contribution in [3.8, 4) is 6.07 Å². The highest BCUT2D eigenvalue weighted by Gasteiger charge is 2.33. The lowest BCUT2D eigenvalue weighted by molar-refractivity contribution is -0.122. The summed E-state index contributed by atoms with van der Waals surface area (Å²) in [4.78, 5) is 32.9. The molecule has 1 aromatic rings. The van der Waals surface area contributed by atoms with Crippen LogP contribution in [0.25, 0.3) is 6.08 Å². The van der Waals surface area contributed by atoms with Gasteiger partial charge in [0.05, 0.1) is 4.91 Å². The number of likely N-dealkylation sites (N-methyl/N-ethyl adjacent to an activating group) is 1. The highest BCUT2D eigenvalue weighted by atomic mass is 32.2. The first-order valence-corrected chi connectivity index (χ1v) is 12.5. The van der Waals surface area contributed by atoms with Crippen molar-refractivity contribution < 1.29 is 9.53 Å². The summed E-state index contributed by atoms with van der Waals surface area (Å²) >= 11 is 6.72. The van der Waals surface area contributed by atoms with Gasteiger partial charge in [-0.05, 0) is 38.5 Å². The normalized spacial score (nSPS) is 18.5. The van der Waals surface area contributed by atoms with Crippen LogP contribution in [-0.4, -0.2) is 77.6 Å². The number of thiocarbonyl (C=S) groups is 1. The molecule has 2 saturated heterocycles. The van der Waals surface area contributed by atoms with Crippen LogP contribution in [-0.2, 0) is 16.1 Å². The Kier molecular flexibility index (Phi) is 8.70. The zero-order valence-electron chi connectivity index (χ0n) is 19.7. The van der Waals surface area contributed by atoms with Gasteiger partial charge in [0.15, 0.2) is 0 Å². The van der Waals surface area contributed by atoms with Gasteiger partial charge in [0, 0.05) is 58.5 Å². The highest BCUT2D eigenvalue weighted by Crippen LogP contribution is 2.36. The molecule has 0 radical (unpaired) electrons. The third-order valence-corrected chi connectivity index (χ3v) is 7.54. The summed E-state index contributed by atoms with van der Waals surface area (Å²) in [5.41, 5.74) is 1.18. The lowest BCUT2D eigenvalue weighted by Crippen LogP contribution is -2.48. The number of pyridine rings is 1. The van der Waals surface area contributed by atoms with Gasteiger partial charge < -0.3 is 14.5 Å². The second-order valence-electron chi connectivity index (χ2n) is 8.00. The molecular formula is C23H31N5O3S2. The van der Waals surface area contributed by atoms with Crippen molar-refractivity contribution in [1.82, 2.24) is 14.4 Å². The third-order valence-electron chi connectivity index (χ3n) is 6.16. The molecular weight excluding hydrogens is 458 g/mol. The van der Waals surface area contributed by atoms with E-state index in [1.54, 1.807) is 23.5 Å². The van der Waals surface area contributed by atoms with Gasteiger partial charge in [-0.1, -0.05) is 30.9 Å². The molecule has 2 fully saturated rings. The van der Waals surface area contributed by atoms with E-state index in [4.69, 9.17) is 17.0 Å². The van der Waals surface area contributed by atoms with E-state index in [2.05, 4.69) is 22.8 Å². The quantitative estimate of drug-likeness (QED) is 0.313. The summed E-state index contributed by atoms with van der Waals surface area (Å²) in [6.45, 7) is 11.7. The highest BCUT2D eigenvalue weighted by molar-refractivity contribution is 8.26. The molecule has 0 saturated carbocycles. The number of piperazine rings is 1. The maximum absolute atomic E-state index is 13.1. The summed E-state index contributed by atoms with van der Waals surface area (Å²) in [6, 6.07) is 2.08. The first-order chi connectivity index (χ1) is 15.9. The number of aromatic nitrogens is 1. The van der Waals surface area contributed by atoms with Gasteiger partial charge in [-0.15, -0.1) is 0 Å². The minimum atomic E-state index is -0.283. The number of hydrogen-bond acceptors (Lipinski definition) is 8. The van der Waals surface area contributed by atoms with Gasteiger partial charge in [-0.2, -0.15) is 5.26 Å². The fourth-order valence-corrected chi connectivity index (χ4v) is 5.54. The minimum Gasteiger partial charge on any atom is -0.385 e. The maximum Gasteiger partial charge on any atom is 0.270 e. The van der Waals surface area contributed by atoms with Crippen LogP contribution in [0.4, 0.5) is 5.82 Å². The van der Waals surface area contributed by atoms with Crippen molar-refractivity contribution in [2.24, 2.45) is 0 Å².